The maximum atomic E-state index is 13.8. The molecule has 138 valence electrons. The summed E-state index contributed by atoms with van der Waals surface area (Å²) in [6.45, 7) is 1.93. The van der Waals surface area contributed by atoms with Gasteiger partial charge in [0.25, 0.3) is 0 Å². The second-order valence-electron chi connectivity index (χ2n) is 6.37. The van der Waals surface area contributed by atoms with E-state index in [1.54, 1.807) is 30.3 Å². The molecule has 0 aliphatic carbocycles. The Balaban J connectivity index is 1.56. The number of ketones is 1. The molecule has 3 aromatic rings. The van der Waals surface area contributed by atoms with Crippen molar-refractivity contribution < 1.29 is 23.5 Å². The Morgan fingerprint density at radius 1 is 1.04 bits per heavy atom. The number of aryl methyl sites for hydroxylation is 1. The Morgan fingerprint density at radius 2 is 1.79 bits per heavy atom. The normalized spacial score (nSPS) is 13.9. The Hall–Kier alpha value is -3.73. The number of ether oxygens (including phenoxy) is 2. The van der Waals surface area contributed by atoms with Crippen LogP contribution in [0.15, 0.2) is 72.5 Å². The Kier molecular flexibility index (Phi) is 4.49. The van der Waals surface area contributed by atoms with Crippen LogP contribution in [0.3, 0.4) is 0 Å². The van der Waals surface area contributed by atoms with E-state index in [1.807, 2.05) is 19.1 Å². The Bertz CT molecular complexity index is 1110. The molecular formula is C23H15FO4. The molecule has 0 amide bonds. The van der Waals surface area contributed by atoms with Gasteiger partial charge in [0.2, 0.25) is 5.78 Å². The fourth-order valence-electron chi connectivity index (χ4n) is 2.82. The van der Waals surface area contributed by atoms with Gasteiger partial charge >= 0.3 is 5.97 Å². The highest BCUT2D eigenvalue weighted by molar-refractivity contribution is 6.14. The first-order chi connectivity index (χ1) is 13.5. The minimum atomic E-state index is -0.508. The molecule has 1 heterocycles. The number of rotatable bonds is 3. The maximum absolute atomic E-state index is 13.8. The van der Waals surface area contributed by atoms with E-state index in [-0.39, 0.29) is 28.6 Å². The molecule has 28 heavy (non-hydrogen) atoms. The van der Waals surface area contributed by atoms with Gasteiger partial charge in [0.05, 0.1) is 11.1 Å². The van der Waals surface area contributed by atoms with Crippen molar-refractivity contribution in [1.29, 1.82) is 0 Å². The fourth-order valence-corrected chi connectivity index (χ4v) is 2.82. The lowest BCUT2D eigenvalue weighted by Gasteiger charge is -2.06. The summed E-state index contributed by atoms with van der Waals surface area (Å²) in [5.41, 5.74) is 2.04. The van der Waals surface area contributed by atoms with Crippen molar-refractivity contribution in [3.8, 4) is 11.5 Å². The van der Waals surface area contributed by atoms with Crippen LogP contribution in [0.2, 0.25) is 0 Å². The van der Waals surface area contributed by atoms with E-state index in [0.29, 0.717) is 11.1 Å². The standard InChI is InChI=1S/C23H15FO4/c1-14-6-8-15(9-7-14)23(26)27-17-10-11-18-20(13-17)28-21(22(18)25)12-16-4-2-3-5-19(16)24/h2-13H,1H3/b21-12-. The third-order valence-corrected chi connectivity index (χ3v) is 4.33. The molecule has 0 unspecified atom stereocenters. The summed E-state index contributed by atoms with van der Waals surface area (Å²) >= 11 is 0. The molecule has 3 aromatic carbocycles. The second-order valence-corrected chi connectivity index (χ2v) is 6.37. The number of fused-ring (bicyclic) bond motifs is 1. The van der Waals surface area contributed by atoms with Crippen molar-refractivity contribution in [2.24, 2.45) is 0 Å². The molecule has 1 aliphatic heterocycles. The van der Waals surface area contributed by atoms with Crippen LogP contribution in [0, 0.1) is 12.7 Å². The summed E-state index contributed by atoms with van der Waals surface area (Å²) in [4.78, 5) is 24.7. The van der Waals surface area contributed by atoms with Gasteiger partial charge in [-0.3, -0.25) is 4.79 Å². The molecule has 0 bridgehead atoms. The Morgan fingerprint density at radius 3 is 2.54 bits per heavy atom. The number of hydrogen-bond donors (Lipinski definition) is 0. The lowest BCUT2D eigenvalue weighted by atomic mass is 10.1. The van der Waals surface area contributed by atoms with E-state index in [9.17, 15) is 14.0 Å². The number of Topliss-reactive ketones (excluding diaryl/α,β-unsaturated/α-hetero) is 1. The van der Waals surface area contributed by atoms with Crippen LogP contribution >= 0.6 is 0 Å². The van der Waals surface area contributed by atoms with Gasteiger partial charge in [0, 0.05) is 11.6 Å². The van der Waals surface area contributed by atoms with Crippen LogP contribution in [0.25, 0.3) is 6.08 Å². The van der Waals surface area contributed by atoms with Crippen molar-refractivity contribution in [3.63, 3.8) is 0 Å². The zero-order valence-electron chi connectivity index (χ0n) is 14.9. The molecule has 0 fully saturated rings. The number of carbonyl (C=O) groups is 2. The molecule has 0 aromatic heterocycles. The van der Waals surface area contributed by atoms with Crippen LogP contribution in [0.1, 0.15) is 31.8 Å². The number of allylic oxidation sites excluding steroid dienone is 1. The van der Waals surface area contributed by atoms with E-state index >= 15 is 0 Å². The summed E-state index contributed by atoms with van der Waals surface area (Å²) in [6, 6.07) is 17.6. The number of benzene rings is 3. The molecule has 4 nitrogen and oxygen atoms in total. The van der Waals surface area contributed by atoms with Gasteiger partial charge in [-0.05, 0) is 43.3 Å². The highest BCUT2D eigenvalue weighted by Crippen LogP contribution is 2.35. The van der Waals surface area contributed by atoms with E-state index in [4.69, 9.17) is 9.47 Å². The van der Waals surface area contributed by atoms with E-state index in [1.165, 1.54) is 30.3 Å². The molecule has 0 spiro atoms. The van der Waals surface area contributed by atoms with Crippen LogP contribution in [0.5, 0.6) is 11.5 Å². The average Bonchev–Trinajstić information content (AvgIpc) is 2.99. The van der Waals surface area contributed by atoms with Gasteiger partial charge in [-0.25, -0.2) is 9.18 Å². The predicted octanol–water partition coefficient (Wildman–Crippen LogP) is 4.97. The number of esters is 1. The molecule has 5 heteroatoms. The zero-order chi connectivity index (χ0) is 19.7. The highest BCUT2D eigenvalue weighted by atomic mass is 19.1. The number of halogens is 1. The predicted molar refractivity (Wildman–Crippen MR) is 102 cm³/mol. The molecular weight excluding hydrogens is 359 g/mol. The SMILES string of the molecule is Cc1ccc(C(=O)Oc2ccc3c(c2)O/C(=C\c2ccccc2F)C3=O)cc1. The molecule has 0 atom stereocenters. The van der Waals surface area contributed by atoms with Crippen molar-refractivity contribution in [2.75, 3.05) is 0 Å². The number of carbonyl (C=O) groups excluding carboxylic acids is 2. The molecule has 0 radical (unpaired) electrons. The second kappa shape index (κ2) is 7.12. The molecule has 1 aliphatic rings. The van der Waals surface area contributed by atoms with Crippen LogP contribution in [0.4, 0.5) is 4.39 Å². The molecule has 4 rings (SSSR count). The first-order valence-electron chi connectivity index (χ1n) is 8.63. The first kappa shape index (κ1) is 17.7. The van der Waals surface area contributed by atoms with Crippen molar-refractivity contribution in [1.82, 2.24) is 0 Å². The third-order valence-electron chi connectivity index (χ3n) is 4.33. The maximum Gasteiger partial charge on any atom is 0.343 e. The van der Waals surface area contributed by atoms with E-state index in [0.717, 1.165) is 5.56 Å². The summed E-state index contributed by atoms with van der Waals surface area (Å²) in [5.74, 6) is -0.774. The van der Waals surface area contributed by atoms with Crippen LogP contribution in [-0.4, -0.2) is 11.8 Å². The fraction of sp³-hybridized carbons (Fsp3) is 0.0435. The quantitative estimate of drug-likeness (QED) is 0.369. The van der Waals surface area contributed by atoms with E-state index in [2.05, 4.69) is 0 Å². The summed E-state index contributed by atoms with van der Waals surface area (Å²) < 4.78 is 24.8. The first-order valence-corrected chi connectivity index (χ1v) is 8.63. The Labute approximate surface area is 160 Å². The summed E-state index contributed by atoms with van der Waals surface area (Å²) in [5, 5.41) is 0. The summed E-state index contributed by atoms with van der Waals surface area (Å²) in [7, 11) is 0. The highest BCUT2D eigenvalue weighted by Gasteiger charge is 2.28. The topological polar surface area (TPSA) is 52.6 Å². The van der Waals surface area contributed by atoms with Gasteiger partial charge in [-0.1, -0.05) is 35.9 Å². The smallest absolute Gasteiger partial charge is 0.343 e. The van der Waals surface area contributed by atoms with Gasteiger partial charge in [0.15, 0.2) is 5.76 Å². The van der Waals surface area contributed by atoms with Crippen LogP contribution < -0.4 is 9.47 Å². The van der Waals surface area contributed by atoms with Crippen molar-refractivity contribution >= 4 is 17.8 Å². The minimum Gasteiger partial charge on any atom is -0.452 e. The van der Waals surface area contributed by atoms with Gasteiger partial charge in [-0.2, -0.15) is 0 Å². The molecule has 0 N–H and O–H groups in total. The van der Waals surface area contributed by atoms with Crippen molar-refractivity contribution in [3.05, 3.63) is 101 Å². The largest absolute Gasteiger partial charge is 0.452 e. The lowest BCUT2D eigenvalue weighted by molar-refractivity contribution is 0.0734. The number of hydrogen-bond acceptors (Lipinski definition) is 4. The van der Waals surface area contributed by atoms with Gasteiger partial charge < -0.3 is 9.47 Å². The monoisotopic (exact) mass is 374 g/mol. The molecule has 0 saturated heterocycles. The van der Waals surface area contributed by atoms with Gasteiger partial charge in [-0.15, -0.1) is 0 Å². The van der Waals surface area contributed by atoms with Gasteiger partial charge in [0.1, 0.15) is 17.3 Å². The average molecular weight is 374 g/mol. The van der Waals surface area contributed by atoms with E-state index < -0.39 is 11.8 Å². The summed E-state index contributed by atoms with van der Waals surface area (Å²) in [6.07, 6.45) is 1.36. The van der Waals surface area contributed by atoms with Crippen LogP contribution in [-0.2, 0) is 0 Å². The third kappa shape index (κ3) is 3.42. The lowest BCUT2D eigenvalue weighted by Crippen LogP contribution is -2.08. The minimum absolute atomic E-state index is 0.0158. The molecule has 0 saturated carbocycles. The zero-order valence-corrected chi connectivity index (χ0v) is 14.9. The van der Waals surface area contributed by atoms with Crippen molar-refractivity contribution in [2.45, 2.75) is 6.92 Å².